The highest BCUT2D eigenvalue weighted by Crippen LogP contribution is 2.30. The zero-order chi connectivity index (χ0) is 22.5. The van der Waals surface area contributed by atoms with Crippen molar-refractivity contribution in [1.29, 1.82) is 0 Å². The number of carbonyl (C=O) groups excluding carboxylic acids is 1. The van der Waals surface area contributed by atoms with Gasteiger partial charge in [-0.2, -0.15) is 4.98 Å². The van der Waals surface area contributed by atoms with Crippen LogP contribution in [0.1, 0.15) is 41.6 Å². The predicted octanol–water partition coefficient (Wildman–Crippen LogP) is 3.32. The van der Waals surface area contributed by atoms with Gasteiger partial charge in [0.1, 0.15) is 0 Å². The number of amides is 1. The molecule has 2 fully saturated rings. The van der Waals surface area contributed by atoms with Crippen LogP contribution in [-0.4, -0.2) is 65.2 Å². The fourth-order valence-corrected chi connectivity index (χ4v) is 4.87. The highest BCUT2D eigenvalue weighted by Gasteiger charge is 2.31. The van der Waals surface area contributed by atoms with Gasteiger partial charge in [-0.15, -0.1) is 0 Å². The standard InChI is InChI=1S/C26H30N4O3/c31-26(30-14-16-32-17-15-30)22-12-7-13-29(18-22)19-23-27-25(28-33-23)24(20-8-3-1-4-9-20)21-10-5-2-6-11-21/h1-6,8-11,22,24H,7,12-19H2/t22-/m0/s1. The number of rotatable bonds is 6. The first-order valence-electron chi connectivity index (χ1n) is 11.8. The first-order valence-corrected chi connectivity index (χ1v) is 11.8. The molecule has 0 spiro atoms. The summed E-state index contributed by atoms with van der Waals surface area (Å²) in [6.07, 6.45) is 1.93. The second-order valence-corrected chi connectivity index (χ2v) is 8.81. The molecule has 33 heavy (non-hydrogen) atoms. The monoisotopic (exact) mass is 446 g/mol. The number of likely N-dealkylation sites (tertiary alicyclic amines) is 1. The van der Waals surface area contributed by atoms with Crippen LogP contribution in [0.25, 0.3) is 0 Å². The molecule has 0 radical (unpaired) electrons. The summed E-state index contributed by atoms with van der Waals surface area (Å²) in [6, 6.07) is 20.5. The third kappa shape index (κ3) is 5.15. The predicted molar refractivity (Wildman–Crippen MR) is 124 cm³/mol. The summed E-state index contributed by atoms with van der Waals surface area (Å²) < 4.78 is 11.1. The van der Waals surface area contributed by atoms with E-state index in [1.807, 2.05) is 41.3 Å². The van der Waals surface area contributed by atoms with E-state index in [2.05, 4.69) is 34.3 Å². The molecule has 3 heterocycles. The van der Waals surface area contributed by atoms with Crippen LogP contribution >= 0.6 is 0 Å². The fourth-order valence-electron chi connectivity index (χ4n) is 4.87. The number of benzene rings is 2. The normalized spacial score (nSPS) is 19.7. The number of ether oxygens (including phenoxy) is 1. The van der Waals surface area contributed by atoms with Crippen LogP contribution in [0, 0.1) is 5.92 Å². The van der Waals surface area contributed by atoms with E-state index in [-0.39, 0.29) is 17.7 Å². The molecule has 0 aliphatic carbocycles. The molecule has 0 N–H and O–H groups in total. The second-order valence-electron chi connectivity index (χ2n) is 8.81. The number of piperidine rings is 1. The second kappa shape index (κ2) is 10.3. The van der Waals surface area contributed by atoms with Crippen molar-refractivity contribution in [1.82, 2.24) is 19.9 Å². The van der Waals surface area contributed by atoms with Crippen molar-refractivity contribution in [3.8, 4) is 0 Å². The molecule has 172 valence electrons. The maximum absolute atomic E-state index is 13.0. The number of morpholine rings is 1. The van der Waals surface area contributed by atoms with Crippen LogP contribution in [0.5, 0.6) is 0 Å². The van der Waals surface area contributed by atoms with Crippen LogP contribution in [0.2, 0.25) is 0 Å². The van der Waals surface area contributed by atoms with Gasteiger partial charge in [-0.3, -0.25) is 9.69 Å². The highest BCUT2D eigenvalue weighted by molar-refractivity contribution is 5.79. The molecule has 1 amide bonds. The molecular formula is C26H30N4O3. The first kappa shape index (κ1) is 21.8. The molecule has 2 aliphatic rings. The molecule has 5 rings (SSSR count). The molecule has 2 aromatic carbocycles. The molecule has 2 aliphatic heterocycles. The lowest BCUT2D eigenvalue weighted by Crippen LogP contribution is -2.48. The van der Waals surface area contributed by atoms with Gasteiger partial charge >= 0.3 is 0 Å². The number of hydrogen-bond donors (Lipinski definition) is 0. The molecular weight excluding hydrogens is 416 g/mol. The minimum Gasteiger partial charge on any atom is -0.378 e. The van der Waals surface area contributed by atoms with Crippen molar-refractivity contribution in [2.24, 2.45) is 5.92 Å². The fraction of sp³-hybridized carbons (Fsp3) is 0.423. The largest absolute Gasteiger partial charge is 0.378 e. The Bertz CT molecular complexity index is 994. The van der Waals surface area contributed by atoms with E-state index in [9.17, 15) is 4.79 Å². The van der Waals surface area contributed by atoms with Crippen molar-refractivity contribution < 1.29 is 14.1 Å². The summed E-state index contributed by atoms with van der Waals surface area (Å²) >= 11 is 0. The van der Waals surface area contributed by atoms with E-state index in [0.29, 0.717) is 44.6 Å². The summed E-state index contributed by atoms with van der Waals surface area (Å²) in [4.78, 5) is 22.0. The smallest absolute Gasteiger partial charge is 0.240 e. The Hall–Kier alpha value is -3.03. The van der Waals surface area contributed by atoms with Crippen LogP contribution in [0.15, 0.2) is 65.2 Å². The topological polar surface area (TPSA) is 71.7 Å². The molecule has 0 unspecified atom stereocenters. The molecule has 3 aromatic rings. The summed E-state index contributed by atoms with van der Waals surface area (Å²) in [5, 5.41) is 4.36. The van der Waals surface area contributed by atoms with Crippen molar-refractivity contribution in [2.45, 2.75) is 25.3 Å². The lowest BCUT2D eigenvalue weighted by molar-refractivity contribution is -0.141. The van der Waals surface area contributed by atoms with Crippen LogP contribution in [0.4, 0.5) is 0 Å². The van der Waals surface area contributed by atoms with Gasteiger partial charge in [-0.05, 0) is 30.5 Å². The van der Waals surface area contributed by atoms with Gasteiger partial charge in [0.2, 0.25) is 11.8 Å². The van der Waals surface area contributed by atoms with Crippen molar-refractivity contribution >= 4 is 5.91 Å². The average molecular weight is 447 g/mol. The zero-order valence-electron chi connectivity index (χ0n) is 18.8. The molecule has 0 saturated carbocycles. The van der Waals surface area contributed by atoms with Gasteiger partial charge < -0.3 is 14.2 Å². The third-order valence-corrected chi connectivity index (χ3v) is 6.54. The summed E-state index contributed by atoms with van der Waals surface area (Å²) in [5.74, 6) is 1.46. The zero-order valence-corrected chi connectivity index (χ0v) is 18.8. The number of hydrogen-bond acceptors (Lipinski definition) is 6. The van der Waals surface area contributed by atoms with E-state index in [0.717, 1.165) is 37.1 Å². The van der Waals surface area contributed by atoms with Gasteiger partial charge in [0, 0.05) is 19.6 Å². The SMILES string of the molecule is O=C([C@H]1CCCN(Cc2nc(C(c3ccccc3)c3ccccc3)no2)C1)N1CCOCC1. The first-order chi connectivity index (χ1) is 16.3. The van der Waals surface area contributed by atoms with E-state index < -0.39 is 0 Å². The maximum atomic E-state index is 13.0. The lowest BCUT2D eigenvalue weighted by atomic mass is 9.91. The van der Waals surface area contributed by atoms with Crippen molar-refractivity contribution in [3.05, 3.63) is 83.5 Å². The Morgan fingerprint density at radius 1 is 0.970 bits per heavy atom. The van der Waals surface area contributed by atoms with Crippen LogP contribution in [0.3, 0.4) is 0 Å². The Kier molecular flexibility index (Phi) is 6.79. The lowest BCUT2D eigenvalue weighted by Gasteiger charge is -2.35. The Morgan fingerprint density at radius 2 is 1.64 bits per heavy atom. The Labute approximate surface area is 194 Å². The van der Waals surface area contributed by atoms with Crippen molar-refractivity contribution in [2.75, 3.05) is 39.4 Å². The van der Waals surface area contributed by atoms with E-state index in [1.54, 1.807) is 0 Å². The quantitative estimate of drug-likeness (QED) is 0.579. The summed E-state index contributed by atoms with van der Waals surface area (Å²) in [7, 11) is 0. The molecule has 2 saturated heterocycles. The molecule has 1 atom stereocenters. The van der Waals surface area contributed by atoms with Gasteiger partial charge in [-0.1, -0.05) is 65.8 Å². The van der Waals surface area contributed by atoms with E-state index in [4.69, 9.17) is 14.2 Å². The van der Waals surface area contributed by atoms with E-state index in [1.165, 1.54) is 0 Å². The van der Waals surface area contributed by atoms with Gasteiger partial charge in [-0.25, -0.2) is 0 Å². The Morgan fingerprint density at radius 3 is 2.30 bits per heavy atom. The number of nitrogens with zero attached hydrogens (tertiary/aromatic N) is 4. The van der Waals surface area contributed by atoms with Crippen LogP contribution in [-0.2, 0) is 16.1 Å². The van der Waals surface area contributed by atoms with Gasteiger partial charge in [0.05, 0.1) is 31.6 Å². The molecule has 0 bridgehead atoms. The third-order valence-electron chi connectivity index (χ3n) is 6.54. The highest BCUT2D eigenvalue weighted by atomic mass is 16.5. The van der Waals surface area contributed by atoms with Gasteiger partial charge in [0.15, 0.2) is 5.82 Å². The minimum atomic E-state index is -0.0816. The number of aromatic nitrogens is 2. The summed E-state index contributed by atoms with van der Waals surface area (Å²) in [6.45, 7) is 4.90. The van der Waals surface area contributed by atoms with Crippen LogP contribution < -0.4 is 0 Å². The maximum Gasteiger partial charge on any atom is 0.240 e. The number of carbonyl (C=O) groups is 1. The Balaban J connectivity index is 1.29. The average Bonchev–Trinajstić information content (AvgIpc) is 3.33. The van der Waals surface area contributed by atoms with E-state index >= 15 is 0 Å². The minimum absolute atomic E-state index is 0.0284. The van der Waals surface area contributed by atoms with Gasteiger partial charge in [0.25, 0.3) is 0 Å². The molecule has 1 aromatic heterocycles. The molecule has 7 nitrogen and oxygen atoms in total. The summed E-state index contributed by atoms with van der Waals surface area (Å²) in [5.41, 5.74) is 2.26. The van der Waals surface area contributed by atoms with Crippen molar-refractivity contribution in [3.63, 3.8) is 0 Å². The molecule has 7 heteroatoms.